The second-order valence-electron chi connectivity index (χ2n) is 13.3. The predicted octanol–water partition coefficient (Wildman–Crippen LogP) is 8.36. The molecule has 0 spiro atoms. The summed E-state index contributed by atoms with van der Waals surface area (Å²) in [6.45, 7) is 11.7. The van der Waals surface area contributed by atoms with E-state index in [9.17, 15) is 4.79 Å². The number of aromatic amines is 1. The van der Waals surface area contributed by atoms with Crippen molar-refractivity contribution in [3.8, 4) is 28.6 Å². The third-order valence-corrected chi connectivity index (χ3v) is 10.2. The van der Waals surface area contributed by atoms with Crippen LogP contribution < -0.4 is 9.47 Å². The third-order valence-electron chi connectivity index (χ3n) is 8.54. The van der Waals surface area contributed by atoms with Crippen LogP contribution in [0.1, 0.15) is 30.7 Å². The molecule has 0 saturated heterocycles. The van der Waals surface area contributed by atoms with E-state index in [0.29, 0.717) is 29.1 Å². The maximum atomic E-state index is 15.6. The number of carbonyl (C=O) groups is 1. The summed E-state index contributed by atoms with van der Waals surface area (Å²) in [6, 6.07) is 13.1. The number of benzene rings is 3. The zero-order valence-electron chi connectivity index (χ0n) is 27.6. The Hall–Kier alpha value is -4.55. The topological polar surface area (TPSA) is 87.6 Å². The van der Waals surface area contributed by atoms with Crippen molar-refractivity contribution in [1.82, 2.24) is 14.5 Å². The Labute approximate surface area is 277 Å². The maximum Gasteiger partial charge on any atom is 0.310 e. The number of nitrogens with zero attached hydrogens (tertiary/aromatic N) is 2. The lowest BCUT2D eigenvalue weighted by Gasteiger charge is -2.20. The van der Waals surface area contributed by atoms with Crippen molar-refractivity contribution in [2.75, 3.05) is 19.8 Å². The standard InChI is InChI=1S/C36H38F3N3O5Si/c1-6-45-31(43)16-22-8-7-9-26-33(22)46-20-36(26,2)30-19-40-35(41-30)25-17-23(10-11-27(25)37)47-34-28(38)18-29-24(32(34)39)12-13-42(29)21-44-14-15-48(3,4)5/h7-13,17-19H,6,14-16,20-21H2,1-5H3,(H,40,41). The van der Waals surface area contributed by atoms with Gasteiger partial charge in [-0.25, -0.2) is 18.2 Å². The highest BCUT2D eigenvalue weighted by atomic mass is 28.3. The molecule has 0 bridgehead atoms. The summed E-state index contributed by atoms with van der Waals surface area (Å²) in [5, 5.41) is 0.177. The molecule has 8 nitrogen and oxygen atoms in total. The van der Waals surface area contributed by atoms with Crippen molar-refractivity contribution in [1.29, 1.82) is 0 Å². The molecule has 6 rings (SSSR count). The normalized spacial score (nSPS) is 15.8. The SMILES string of the molecule is CCOC(=O)Cc1cccc2c1OCC2(C)c1c[nH]c(-c2cc(Oc3c(F)cc4c(ccn4COCC[Si](C)(C)C)c3F)ccc2F)n1. The summed E-state index contributed by atoms with van der Waals surface area (Å²) in [4.78, 5) is 19.9. The highest BCUT2D eigenvalue weighted by Gasteiger charge is 2.41. The molecule has 48 heavy (non-hydrogen) atoms. The first kappa shape index (κ1) is 33.4. The Kier molecular flexibility index (Phi) is 9.14. The number of hydrogen-bond acceptors (Lipinski definition) is 6. The third kappa shape index (κ3) is 6.59. The second kappa shape index (κ2) is 13.2. The van der Waals surface area contributed by atoms with Crippen LogP contribution >= 0.6 is 0 Å². The fourth-order valence-electron chi connectivity index (χ4n) is 5.80. The number of nitrogens with one attached hydrogen (secondary N) is 1. The highest BCUT2D eigenvalue weighted by Crippen LogP contribution is 2.45. The Bertz CT molecular complexity index is 1990. The van der Waals surface area contributed by atoms with Crippen LogP contribution in [0.15, 0.2) is 60.9 Å². The van der Waals surface area contributed by atoms with Gasteiger partial charge in [0.2, 0.25) is 0 Å². The average molecular weight is 678 g/mol. The fraction of sp³-hybridized carbons (Fsp3) is 0.333. The van der Waals surface area contributed by atoms with Crippen LogP contribution in [0.5, 0.6) is 17.2 Å². The average Bonchev–Trinajstić information content (AvgIpc) is 3.77. The lowest BCUT2D eigenvalue weighted by atomic mass is 9.81. The van der Waals surface area contributed by atoms with E-state index in [0.717, 1.165) is 17.7 Å². The molecule has 0 saturated carbocycles. The van der Waals surface area contributed by atoms with E-state index in [2.05, 4.69) is 24.6 Å². The molecule has 1 unspecified atom stereocenters. The van der Waals surface area contributed by atoms with Gasteiger partial charge in [0.1, 0.15) is 36.5 Å². The van der Waals surface area contributed by atoms with Crippen LogP contribution in [-0.2, 0) is 32.8 Å². The van der Waals surface area contributed by atoms with Crippen LogP contribution in [0, 0.1) is 17.5 Å². The second-order valence-corrected chi connectivity index (χ2v) is 19.0. The summed E-state index contributed by atoms with van der Waals surface area (Å²) in [5.41, 5.74) is 1.84. The molecule has 0 amide bonds. The minimum Gasteiger partial charge on any atom is -0.492 e. The number of H-pyrrole nitrogens is 1. The molecular weight excluding hydrogens is 639 g/mol. The van der Waals surface area contributed by atoms with Gasteiger partial charge in [0.15, 0.2) is 17.4 Å². The van der Waals surface area contributed by atoms with Crippen molar-refractivity contribution in [3.63, 3.8) is 0 Å². The molecule has 1 aliphatic heterocycles. The van der Waals surface area contributed by atoms with Gasteiger partial charge in [-0.05, 0) is 44.2 Å². The van der Waals surface area contributed by atoms with Crippen LogP contribution in [0.25, 0.3) is 22.3 Å². The summed E-state index contributed by atoms with van der Waals surface area (Å²) >= 11 is 0. The Morgan fingerprint density at radius 1 is 1.10 bits per heavy atom. The van der Waals surface area contributed by atoms with Crippen molar-refractivity contribution < 1.29 is 36.9 Å². The molecular formula is C36H38F3N3O5Si. The Morgan fingerprint density at radius 3 is 2.69 bits per heavy atom. The number of esters is 1. The maximum absolute atomic E-state index is 15.6. The molecule has 5 aromatic rings. The molecule has 3 aromatic carbocycles. The summed E-state index contributed by atoms with van der Waals surface area (Å²) in [6.07, 6.45) is 3.39. The smallest absolute Gasteiger partial charge is 0.310 e. The van der Waals surface area contributed by atoms with Gasteiger partial charge < -0.3 is 28.5 Å². The quantitative estimate of drug-likeness (QED) is 0.0812. The largest absolute Gasteiger partial charge is 0.492 e. The van der Waals surface area contributed by atoms with E-state index >= 15 is 13.2 Å². The summed E-state index contributed by atoms with van der Waals surface area (Å²) in [7, 11) is -1.27. The summed E-state index contributed by atoms with van der Waals surface area (Å²) in [5.74, 6) is -2.48. The molecule has 0 radical (unpaired) electrons. The van der Waals surface area contributed by atoms with Gasteiger partial charge >= 0.3 is 5.97 Å². The number of imidazole rings is 1. The van der Waals surface area contributed by atoms with E-state index in [-0.39, 0.29) is 54.9 Å². The van der Waals surface area contributed by atoms with Crippen molar-refractivity contribution in [3.05, 3.63) is 95.2 Å². The molecule has 252 valence electrons. The number of aromatic nitrogens is 3. The molecule has 1 aliphatic rings. The van der Waals surface area contributed by atoms with Crippen LogP contribution in [0.2, 0.25) is 25.7 Å². The molecule has 1 N–H and O–H groups in total. The van der Waals surface area contributed by atoms with Gasteiger partial charge in [-0.15, -0.1) is 0 Å². The zero-order valence-corrected chi connectivity index (χ0v) is 28.6. The minimum absolute atomic E-state index is 0.0278. The lowest BCUT2D eigenvalue weighted by Crippen LogP contribution is -2.25. The number of halogens is 3. The van der Waals surface area contributed by atoms with E-state index < -0.39 is 36.7 Å². The van der Waals surface area contributed by atoms with Crippen LogP contribution in [0.3, 0.4) is 0 Å². The van der Waals surface area contributed by atoms with Gasteiger partial charge in [0.05, 0.1) is 35.2 Å². The van der Waals surface area contributed by atoms with Crippen molar-refractivity contribution in [2.45, 2.75) is 58.1 Å². The van der Waals surface area contributed by atoms with Crippen LogP contribution in [0.4, 0.5) is 13.2 Å². The van der Waals surface area contributed by atoms with Crippen molar-refractivity contribution in [2.24, 2.45) is 0 Å². The number of ether oxygens (including phenoxy) is 4. The number of hydrogen-bond donors (Lipinski definition) is 1. The first-order valence-electron chi connectivity index (χ1n) is 15.9. The number of carbonyl (C=O) groups excluding carboxylic acids is 1. The molecule has 0 fully saturated rings. The van der Waals surface area contributed by atoms with Gasteiger partial charge in [0.25, 0.3) is 0 Å². The number of para-hydroxylation sites is 1. The molecule has 0 aliphatic carbocycles. The molecule has 1 atom stereocenters. The lowest BCUT2D eigenvalue weighted by molar-refractivity contribution is -0.142. The summed E-state index contributed by atoms with van der Waals surface area (Å²) < 4.78 is 70.4. The van der Waals surface area contributed by atoms with Gasteiger partial charge in [-0.3, -0.25) is 4.79 Å². The Morgan fingerprint density at radius 2 is 1.92 bits per heavy atom. The van der Waals surface area contributed by atoms with Gasteiger partial charge in [0, 0.05) is 49.7 Å². The Balaban J connectivity index is 1.23. The van der Waals surface area contributed by atoms with E-state index in [1.807, 2.05) is 25.1 Å². The van der Waals surface area contributed by atoms with E-state index in [1.54, 1.807) is 30.0 Å². The van der Waals surface area contributed by atoms with E-state index in [4.69, 9.17) is 23.9 Å². The predicted molar refractivity (Wildman–Crippen MR) is 179 cm³/mol. The highest BCUT2D eigenvalue weighted by molar-refractivity contribution is 6.76. The number of rotatable bonds is 12. The zero-order chi connectivity index (χ0) is 34.2. The van der Waals surface area contributed by atoms with Crippen LogP contribution in [-0.4, -0.2) is 48.4 Å². The van der Waals surface area contributed by atoms with Gasteiger partial charge in [-0.1, -0.05) is 37.8 Å². The van der Waals surface area contributed by atoms with Gasteiger partial charge in [-0.2, -0.15) is 0 Å². The first-order valence-corrected chi connectivity index (χ1v) is 19.6. The minimum atomic E-state index is -1.27. The molecule has 12 heteroatoms. The monoisotopic (exact) mass is 677 g/mol. The molecule has 3 heterocycles. The van der Waals surface area contributed by atoms with Crippen molar-refractivity contribution >= 4 is 24.9 Å². The van der Waals surface area contributed by atoms with E-state index in [1.165, 1.54) is 18.2 Å². The first-order chi connectivity index (χ1) is 22.9. The molecule has 2 aromatic heterocycles. The fourth-order valence-corrected chi connectivity index (χ4v) is 6.56. The number of fused-ring (bicyclic) bond motifs is 2.